The van der Waals surface area contributed by atoms with Gasteiger partial charge < -0.3 is 9.90 Å². The van der Waals surface area contributed by atoms with Gasteiger partial charge in [-0.2, -0.15) is 5.26 Å². The minimum atomic E-state index is -1.13. The number of aryl methyl sites for hydroxylation is 3. The van der Waals surface area contributed by atoms with Crippen molar-refractivity contribution >= 4 is 5.97 Å². The first-order valence-corrected chi connectivity index (χ1v) is 6.79. The fraction of sp³-hybridized carbons (Fsp3) is 0.312. The van der Waals surface area contributed by atoms with Gasteiger partial charge in [0.15, 0.2) is 0 Å². The number of aromatic carboxylic acids is 1. The highest BCUT2D eigenvalue weighted by molar-refractivity contribution is 5.85. The Hall–Kier alpha value is -2.61. The molecule has 1 aromatic heterocycles. The minimum absolute atomic E-state index is 0.220. The third-order valence-corrected chi connectivity index (χ3v) is 2.85. The largest absolute Gasteiger partial charge is 0.545 e. The van der Waals surface area contributed by atoms with Crippen LogP contribution < -0.4 is 9.67 Å². The Morgan fingerprint density at radius 3 is 2.52 bits per heavy atom. The molecule has 1 heterocycles. The molecule has 110 valence electrons. The fourth-order valence-electron chi connectivity index (χ4n) is 1.88. The second-order valence-corrected chi connectivity index (χ2v) is 4.49. The number of carboxylic acid groups (broad SMARTS) is 1. The number of carbonyl (C=O) groups excluding carboxylic acids is 1. The van der Waals surface area contributed by atoms with Crippen molar-refractivity contribution in [2.75, 3.05) is 0 Å². The third-order valence-electron chi connectivity index (χ3n) is 2.85. The van der Waals surface area contributed by atoms with Crippen LogP contribution in [0, 0.1) is 18.3 Å². The number of nitrogens with one attached hydrogen (secondary N) is 1. The number of hydrogen-bond acceptors (Lipinski definition) is 3. The number of carbonyl (C=O) groups is 1. The SMILES string of the molecule is CCc1[nH]c(C)c[n+]1CCC#N.O=C([O-])c1ccccc1. The molecule has 0 unspecified atom stereocenters. The number of H-pyrrole nitrogens is 1. The van der Waals surface area contributed by atoms with Gasteiger partial charge >= 0.3 is 0 Å². The van der Waals surface area contributed by atoms with Gasteiger partial charge in [0, 0.05) is 13.3 Å². The lowest BCUT2D eigenvalue weighted by Crippen LogP contribution is -2.35. The Labute approximate surface area is 124 Å². The maximum absolute atomic E-state index is 10.1. The Bertz CT molecular complexity index is 612. The molecule has 0 saturated carbocycles. The maximum atomic E-state index is 10.1. The number of imidazole rings is 1. The fourth-order valence-corrected chi connectivity index (χ4v) is 1.88. The topological polar surface area (TPSA) is 83.6 Å². The van der Waals surface area contributed by atoms with Crippen LogP contribution in [0.15, 0.2) is 36.5 Å². The summed E-state index contributed by atoms with van der Waals surface area (Å²) < 4.78 is 2.11. The van der Waals surface area contributed by atoms with Gasteiger partial charge in [-0.1, -0.05) is 37.3 Å². The van der Waals surface area contributed by atoms with Crippen LogP contribution in [0.25, 0.3) is 0 Å². The Balaban J connectivity index is 0.000000219. The van der Waals surface area contributed by atoms with Crippen LogP contribution in [0.5, 0.6) is 0 Å². The number of benzene rings is 1. The molecular weight excluding hydrogens is 266 g/mol. The minimum Gasteiger partial charge on any atom is -0.545 e. The summed E-state index contributed by atoms with van der Waals surface area (Å²) in [5.41, 5.74) is 1.38. The molecule has 1 N–H and O–H groups in total. The van der Waals surface area contributed by atoms with Crippen molar-refractivity contribution in [1.82, 2.24) is 4.98 Å². The van der Waals surface area contributed by atoms with Gasteiger partial charge in [0.05, 0.1) is 18.5 Å². The number of hydrogen-bond donors (Lipinski definition) is 1. The molecule has 0 saturated heterocycles. The van der Waals surface area contributed by atoms with Crippen molar-refractivity contribution in [1.29, 1.82) is 5.26 Å². The molecule has 2 aromatic rings. The van der Waals surface area contributed by atoms with E-state index in [-0.39, 0.29) is 5.56 Å². The van der Waals surface area contributed by atoms with E-state index in [0.29, 0.717) is 6.42 Å². The lowest BCUT2D eigenvalue weighted by Gasteiger charge is -1.97. The maximum Gasteiger partial charge on any atom is 0.254 e. The molecule has 0 aliphatic rings. The predicted octanol–water partition coefficient (Wildman–Crippen LogP) is 1.14. The summed E-state index contributed by atoms with van der Waals surface area (Å²) in [5, 5.41) is 18.5. The van der Waals surface area contributed by atoms with Gasteiger partial charge in [-0.25, -0.2) is 9.55 Å². The van der Waals surface area contributed by atoms with Gasteiger partial charge in [0.1, 0.15) is 18.4 Å². The van der Waals surface area contributed by atoms with Crippen LogP contribution in [0.3, 0.4) is 0 Å². The van der Waals surface area contributed by atoms with E-state index in [0.717, 1.165) is 18.7 Å². The summed E-state index contributed by atoms with van der Waals surface area (Å²) in [6, 6.07) is 10.2. The zero-order valence-corrected chi connectivity index (χ0v) is 12.3. The van der Waals surface area contributed by atoms with E-state index in [1.165, 1.54) is 18.0 Å². The van der Waals surface area contributed by atoms with Crippen LogP contribution in [-0.2, 0) is 13.0 Å². The smallest absolute Gasteiger partial charge is 0.254 e. The molecule has 0 aliphatic heterocycles. The highest BCUT2D eigenvalue weighted by Gasteiger charge is 2.09. The van der Waals surface area contributed by atoms with Gasteiger partial charge in [-0.3, -0.25) is 0 Å². The molecule has 0 radical (unpaired) electrons. The molecular formula is C16H19N3O2. The molecule has 0 atom stereocenters. The second kappa shape index (κ2) is 8.54. The predicted molar refractivity (Wildman–Crippen MR) is 76.1 cm³/mol. The summed E-state index contributed by atoms with van der Waals surface area (Å²) in [5.74, 6) is 0.0679. The molecule has 0 fully saturated rings. The average molecular weight is 285 g/mol. The molecule has 0 aliphatic carbocycles. The van der Waals surface area contributed by atoms with Crippen molar-refractivity contribution in [3.63, 3.8) is 0 Å². The summed E-state index contributed by atoms with van der Waals surface area (Å²) in [4.78, 5) is 13.3. The van der Waals surface area contributed by atoms with Crippen LogP contribution in [0.4, 0.5) is 0 Å². The van der Waals surface area contributed by atoms with Crippen molar-refractivity contribution in [3.8, 4) is 6.07 Å². The number of nitriles is 1. The first-order chi connectivity index (χ1) is 10.1. The van der Waals surface area contributed by atoms with Crippen LogP contribution in [-0.4, -0.2) is 11.0 Å². The first-order valence-electron chi connectivity index (χ1n) is 6.79. The van der Waals surface area contributed by atoms with Crippen LogP contribution in [0.2, 0.25) is 0 Å². The number of rotatable bonds is 4. The highest BCUT2D eigenvalue weighted by Crippen LogP contribution is 1.95. The van der Waals surface area contributed by atoms with Gasteiger partial charge in [0.2, 0.25) is 0 Å². The lowest BCUT2D eigenvalue weighted by atomic mass is 10.2. The van der Waals surface area contributed by atoms with Crippen molar-refractivity contribution < 1.29 is 14.5 Å². The molecule has 1 aromatic carbocycles. The van der Waals surface area contributed by atoms with E-state index in [9.17, 15) is 9.90 Å². The number of aromatic nitrogens is 2. The van der Waals surface area contributed by atoms with Gasteiger partial charge in [-0.05, 0) is 5.56 Å². The van der Waals surface area contributed by atoms with E-state index in [2.05, 4.69) is 28.7 Å². The van der Waals surface area contributed by atoms with E-state index in [4.69, 9.17) is 5.26 Å². The van der Waals surface area contributed by atoms with Crippen LogP contribution in [0.1, 0.15) is 35.2 Å². The Morgan fingerprint density at radius 2 is 2.05 bits per heavy atom. The monoisotopic (exact) mass is 285 g/mol. The molecule has 0 amide bonds. The highest BCUT2D eigenvalue weighted by atomic mass is 16.4. The van der Waals surface area contributed by atoms with E-state index in [1.54, 1.807) is 18.2 Å². The molecule has 21 heavy (non-hydrogen) atoms. The summed E-state index contributed by atoms with van der Waals surface area (Å²) in [7, 11) is 0. The normalized spacial score (nSPS) is 9.38. The summed E-state index contributed by atoms with van der Waals surface area (Å²) in [6.07, 6.45) is 3.62. The van der Waals surface area contributed by atoms with E-state index in [1.807, 2.05) is 6.92 Å². The van der Waals surface area contributed by atoms with Crippen molar-refractivity contribution in [2.24, 2.45) is 0 Å². The first kappa shape index (κ1) is 16.4. The zero-order chi connectivity index (χ0) is 15.7. The quantitative estimate of drug-likeness (QED) is 0.855. The van der Waals surface area contributed by atoms with Crippen molar-refractivity contribution in [3.05, 3.63) is 53.6 Å². The third kappa shape index (κ3) is 5.49. The van der Waals surface area contributed by atoms with Gasteiger partial charge in [-0.15, -0.1) is 0 Å². The summed E-state index contributed by atoms with van der Waals surface area (Å²) >= 11 is 0. The van der Waals surface area contributed by atoms with E-state index >= 15 is 0 Å². The van der Waals surface area contributed by atoms with Gasteiger partial charge in [0.25, 0.3) is 5.82 Å². The number of nitrogens with zero attached hydrogens (tertiary/aromatic N) is 2. The second-order valence-electron chi connectivity index (χ2n) is 4.49. The Morgan fingerprint density at radius 1 is 1.38 bits per heavy atom. The number of carboxylic acids is 1. The molecule has 2 rings (SSSR count). The number of aromatic amines is 1. The lowest BCUT2D eigenvalue weighted by molar-refractivity contribution is -0.701. The molecule has 0 bridgehead atoms. The zero-order valence-electron chi connectivity index (χ0n) is 12.3. The standard InChI is InChI=1S/C9H13N3.C7H6O2/c1-3-9-11-8(2)7-12(9)6-4-5-10;8-7(9)6-4-2-1-3-5-6/h7H,3-4,6H2,1-2H3;1-5H,(H,8,9). The van der Waals surface area contributed by atoms with Crippen molar-refractivity contribution in [2.45, 2.75) is 33.2 Å². The van der Waals surface area contributed by atoms with Crippen LogP contribution >= 0.6 is 0 Å². The summed E-state index contributed by atoms with van der Waals surface area (Å²) in [6.45, 7) is 4.93. The molecule has 0 spiro atoms. The Kier molecular flexibility index (Phi) is 6.69. The molecule has 5 heteroatoms. The molecule has 5 nitrogen and oxygen atoms in total. The average Bonchev–Trinajstić information content (AvgIpc) is 2.86. The van der Waals surface area contributed by atoms with E-state index < -0.39 is 5.97 Å².